The minimum Gasteiger partial charge on any atom is -0.497 e. The molecule has 6 rings (SSSR count). The van der Waals surface area contributed by atoms with Crippen molar-refractivity contribution in [3.63, 3.8) is 0 Å². The molecule has 4 aliphatic rings. The van der Waals surface area contributed by atoms with Crippen molar-refractivity contribution in [2.75, 3.05) is 63.6 Å². The summed E-state index contributed by atoms with van der Waals surface area (Å²) in [6.07, 6.45) is 1.72. The Kier molecular flexibility index (Phi) is 9.31. The molecule has 48 heavy (non-hydrogen) atoms. The number of nitrogen functional groups attached to an aromatic ring is 1. The third kappa shape index (κ3) is 6.41. The molecular weight excluding hydrogens is 625 g/mol. The van der Waals surface area contributed by atoms with Crippen LogP contribution in [0.2, 0.25) is 0 Å². The molecular formula is C33H38FN7O7. The Morgan fingerprint density at radius 1 is 1.04 bits per heavy atom. The number of nitrogens with two attached hydrogens (primary N) is 1. The first-order valence-electron chi connectivity index (χ1n) is 16.1. The Morgan fingerprint density at radius 2 is 1.81 bits per heavy atom. The molecule has 0 aliphatic carbocycles. The second-order valence-electron chi connectivity index (χ2n) is 12.5. The summed E-state index contributed by atoms with van der Waals surface area (Å²) in [7, 11) is 1.40. The molecule has 1 unspecified atom stereocenters. The van der Waals surface area contributed by atoms with E-state index >= 15 is 0 Å². The highest BCUT2D eigenvalue weighted by Crippen LogP contribution is 2.34. The number of hydrogen-bond acceptors (Lipinski definition) is 10. The molecule has 0 radical (unpaired) electrons. The number of rotatable bonds is 9. The number of likely N-dealkylation sites (tertiary alicyclic amines) is 1. The summed E-state index contributed by atoms with van der Waals surface area (Å²) in [5.41, 5.74) is 6.45. The van der Waals surface area contributed by atoms with Crippen molar-refractivity contribution in [2.24, 2.45) is 0 Å². The van der Waals surface area contributed by atoms with Crippen LogP contribution < -0.4 is 26.0 Å². The van der Waals surface area contributed by atoms with Crippen molar-refractivity contribution in [1.29, 1.82) is 0 Å². The van der Waals surface area contributed by atoms with Crippen LogP contribution in [0.15, 0.2) is 30.3 Å². The van der Waals surface area contributed by atoms with Gasteiger partial charge < -0.3 is 25.6 Å². The number of ether oxygens (including phenoxy) is 1. The van der Waals surface area contributed by atoms with E-state index in [1.807, 2.05) is 0 Å². The number of methoxy groups -OCH3 is 1. The van der Waals surface area contributed by atoms with Gasteiger partial charge in [-0.1, -0.05) is 6.07 Å². The highest BCUT2D eigenvalue weighted by atomic mass is 19.1. The normalized spacial score (nSPS) is 21.4. The highest BCUT2D eigenvalue weighted by molar-refractivity contribution is 6.25. The number of piperazine rings is 1. The van der Waals surface area contributed by atoms with Gasteiger partial charge in [0.25, 0.3) is 17.7 Å². The minimum absolute atomic E-state index is 0.00853. The first kappa shape index (κ1) is 32.9. The number of carbonyl (C=O) groups is 6. The number of piperidine rings is 1. The van der Waals surface area contributed by atoms with Gasteiger partial charge in [-0.25, -0.2) is 4.39 Å². The first-order valence-corrected chi connectivity index (χ1v) is 16.1. The Morgan fingerprint density at radius 3 is 2.54 bits per heavy atom. The van der Waals surface area contributed by atoms with Crippen LogP contribution in [0.5, 0.6) is 5.75 Å². The summed E-state index contributed by atoms with van der Waals surface area (Å²) < 4.78 is 19.6. The van der Waals surface area contributed by atoms with Crippen LogP contribution >= 0.6 is 0 Å². The molecule has 2 atom stereocenters. The molecule has 254 valence electrons. The number of fused-ring (bicyclic) bond motifs is 1. The van der Waals surface area contributed by atoms with E-state index in [0.717, 1.165) is 4.90 Å². The van der Waals surface area contributed by atoms with Gasteiger partial charge in [0.05, 0.1) is 35.2 Å². The average molecular weight is 664 g/mol. The highest BCUT2D eigenvalue weighted by Gasteiger charge is 2.46. The van der Waals surface area contributed by atoms with Gasteiger partial charge in [0.2, 0.25) is 17.7 Å². The summed E-state index contributed by atoms with van der Waals surface area (Å²) in [6, 6.07) is 6.40. The summed E-state index contributed by atoms with van der Waals surface area (Å²) in [6.45, 7) is 4.15. The minimum atomic E-state index is -1.02. The van der Waals surface area contributed by atoms with Crippen molar-refractivity contribution < 1.29 is 37.9 Å². The zero-order chi connectivity index (χ0) is 34.1. The number of imide groups is 2. The van der Waals surface area contributed by atoms with Crippen LogP contribution in [0.1, 0.15) is 63.2 Å². The lowest BCUT2D eigenvalue weighted by Crippen LogP contribution is -2.54. The summed E-state index contributed by atoms with van der Waals surface area (Å²) in [5, 5.41) is 5.02. The van der Waals surface area contributed by atoms with E-state index in [2.05, 4.69) is 20.4 Å². The molecule has 2 aromatic rings. The van der Waals surface area contributed by atoms with Crippen LogP contribution in [0.4, 0.5) is 15.8 Å². The summed E-state index contributed by atoms with van der Waals surface area (Å²) in [5.74, 6) is -3.27. The predicted octanol–water partition coefficient (Wildman–Crippen LogP) is 0.751. The van der Waals surface area contributed by atoms with Crippen molar-refractivity contribution in [3.8, 4) is 5.75 Å². The van der Waals surface area contributed by atoms with Gasteiger partial charge in [-0.2, -0.15) is 0 Å². The monoisotopic (exact) mass is 663 g/mol. The van der Waals surface area contributed by atoms with Crippen LogP contribution in [0.25, 0.3) is 0 Å². The van der Waals surface area contributed by atoms with E-state index in [9.17, 15) is 33.2 Å². The fraction of sp³-hybridized carbons (Fsp3) is 0.455. The molecule has 4 heterocycles. The van der Waals surface area contributed by atoms with Crippen molar-refractivity contribution in [2.45, 2.75) is 44.2 Å². The number of anilines is 2. The first-order chi connectivity index (χ1) is 23.0. The maximum Gasteiger partial charge on any atom is 0.264 e. The molecule has 6 amide bonds. The number of amides is 6. The molecule has 0 spiro atoms. The van der Waals surface area contributed by atoms with Gasteiger partial charge >= 0.3 is 0 Å². The molecule has 2 aromatic carbocycles. The Hall–Kier alpha value is -5.05. The van der Waals surface area contributed by atoms with Gasteiger partial charge in [0, 0.05) is 64.2 Å². The summed E-state index contributed by atoms with van der Waals surface area (Å²) >= 11 is 0. The quantitative estimate of drug-likeness (QED) is 0.257. The lowest BCUT2D eigenvalue weighted by atomic mass is 10.0. The van der Waals surface area contributed by atoms with Gasteiger partial charge in [-0.15, -0.1) is 0 Å². The van der Waals surface area contributed by atoms with Crippen LogP contribution in [0, 0.1) is 5.82 Å². The van der Waals surface area contributed by atoms with Crippen LogP contribution in [-0.4, -0.2) is 115 Å². The second kappa shape index (κ2) is 13.6. The van der Waals surface area contributed by atoms with Gasteiger partial charge in [0.1, 0.15) is 11.8 Å². The van der Waals surface area contributed by atoms with E-state index in [-0.39, 0.29) is 52.9 Å². The Balaban J connectivity index is 0.964. The van der Waals surface area contributed by atoms with E-state index in [1.54, 1.807) is 23.1 Å². The third-order valence-electron chi connectivity index (χ3n) is 9.45. The smallest absolute Gasteiger partial charge is 0.264 e. The fourth-order valence-electron chi connectivity index (χ4n) is 6.86. The third-order valence-corrected chi connectivity index (χ3v) is 9.45. The second-order valence-corrected chi connectivity index (χ2v) is 12.5. The van der Waals surface area contributed by atoms with Gasteiger partial charge in [-0.3, -0.25) is 43.9 Å². The predicted molar refractivity (Wildman–Crippen MR) is 171 cm³/mol. The zero-order valence-electron chi connectivity index (χ0n) is 26.6. The van der Waals surface area contributed by atoms with E-state index in [1.165, 1.54) is 19.2 Å². The lowest BCUT2D eigenvalue weighted by Gasteiger charge is -2.36. The topological polar surface area (TPSA) is 175 Å². The molecule has 15 heteroatoms. The van der Waals surface area contributed by atoms with Gasteiger partial charge in [-0.05, 0) is 44.0 Å². The van der Waals surface area contributed by atoms with Crippen molar-refractivity contribution in [1.82, 2.24) is 25.3 Å². The van der Waals surface area contributed by atoms with Crippen molar-refractivity contribution in [3.05, 3.63) is 52.8 Å². The molecule has 4 N–H and O–H groups in total. The molecule has 0 saturated carbocycles. The molecule has 3 saturated heterocycles. The van der Waals surface area contributed by atoms with Crippen LogP contribution in [0.3, 0.4) is 0 Å². The average Bonchev–Trinajstić information content (AvgIpc) is 3.64. The maximum atomic E-state index is 14.5. The Bertz CT molecular complexity index is 1680. The zero-order valence-corrected chi connectivity index (χ0v) is 26.6. The number of hydrogen-bond donors (Lipinski definition) is 3. The molecule has 4 aliphatic heterocycles. The molecule has 0 bridgehead atoms. The molecule has 3 fully saturated rings. The van der Waals surface area contributed by atoms with Gasteiger partial charge in [0.15, 0.2) is 5.82 Å². The number of carbonyl (C=O) groups excluding carboxylic acids is 6. The Labute approximate surface area is 276 Å². The lowest BCUT2D eigenvalue weighted by molar-refractivity contribution is -0.136. The standard InChI is InChI=1S/C33H38FN7O7/c1-48-20-16-22(29(34)23(35)17-20)30(44)36-19-9-11-40(18-19)27(43)6-3-10-38-12-14-39(15-13-38)24-5-2-4-21-28(24)33(47)41(32(21)46)25-7-8-26(42)37-31(25)45/h2,4-5,16-17,19,25H,3,6-15,18,35H2,1H3,(H,36,44)(H,37,42,45)/t19-,25?/m1/s1. The number of benzene rings is 2. The van der Waals surface area contributed by atoms with E-state index in [4.69, 9.17) is 10.5 Å². The van der Waals surface area contributed by atoms with Crippen molar-refractivity contribution >= 4 is 46.8 Å². The number of nitrogens with one attached hydrogen (secondary N) is 2. The number of nitrogens with zero attached hydrogens (tertiary/aromatic N) is 4. The largest absolute Gasteiger partial charge is 0.497 e. The summed E-state index contributed by atoms with van der Waals surface area (Å²) in [4.78, 5) is 83.4. The van der Waals surface area contributed by atoms with Crippen LogP contribution in [-0.2, 0) is 14.4 Å². The maximum absolute atomic E-state index is 14.5. The number of halogens is 1. The molecule has 14 nitrogen and oxygen atoms in total. The van der Waals surface area contributed by atoms with E-state index in [0.29, 0.717) is 70.8 Å². The SMILES string of the molecule is COc1cc(N)c(F)c(C(=O)N[C@@H]2CCN(C(=O)CCCN3CCN(c4cccc5c4C(=O)N(C4CCC(=O)NC4=O)C5=O)CC3)C2)c1. The fourth-order valence-corrected chi connectivity index (χ4v) is 6.86. The van der Waals surface area contributed by atoms with E-state index < -0.39 is 41.4 Å². The molecule has 0 aromatic heterocycles.